The number of hydrogen-bond acceptors (Lipinski definition) is 7. The van der Waals surface area contributed by atoms with Gasteiger partial charge < -0.3 is 9.47 Å². The van der Waals surface area contributed by atoms with E-state index in [9.17, 15) is 4.57 Å². The molecular formula is C13H17O6PS. The van der Waals surface area contributed by atoms with Crippen LogP contribution in [0.15, 0.2) is 30.3 Å². The lowest BCUT2D eigenvalue weighted by Crippen LogP contribution is -2.06. The third-order valence-corrected chi connectivity index (χ3v) is 5.39. The normalized spacial score (nSPS) is 26.3. The summed E-state index contributed by atoms with van der Waals surface area (Å²) in [7, 11) is -3.58. The number of ether oxygens (including phenoxy) is 2. The predicted molar refractivity (Wildman–Crippen MR) is 77.8 cm³/mol. The summed E-state index contributed by atoms with van der Waals surface area (Å²) >= 11 is 1.06. The van der Waals surface area contributed by atoms with Gasteiger partial charge >= 0.3 is 7.82 Å². The van der Waals surface area contributed by atoms with E-state index in [2.05, 4.69) is 0 Å². The standard InChI is InChI=1S/C13H17O6PS/c14-20(17-8-12-6-15-12,18-9-13-7-16-13)19-21-10-11-4-2-1-3-5-11/h1-5,12-13H,6-10H2. The van der Waals surface area contributed by atoms with Crippen molar-refractivity contribution in [1.82, 2.24) is 0 Å². The maximum Gasteiger partial charge on any atom is 0.486 e. The van der Waals surface area contributed by atoms with Gasteiger partial charge in [0.2, 0.25) is 0 Å². The molecule has 2 atom stereocenters. The van der Waals surface area contributed by atoms with E-state index in [4.69, 9.17) is 22.5 Å². The van der Waals surface area contributed by atoms with Crippen LogP contribution in [0.1, 0.15) is 5.56 Å². The molecule has 0 saturated carbocycles. The molecule has 2 heterocycles. The first-order valence-corrected chi connectivity index (χ1v) is 9.08. The Kier molecular flexibility index (Phi) is 5.34. The second-order valence-corrected chi connectivity index (χ2v) is 7.30. The molecule has 0 aromatic heterocycles. The minimum Gasteiger partial charge on any atom is -0.371 e. The molecule has 3 rings (SSSR count). The van der Waals surface area contributed by atoms with E-state index in [1.807, 2.05) is 30.3 Å². The van der Waals surface area contributed by atoms with E-state index in [-0.39, 0.29) is 25.4 Å². The average molecular weight is 332 g/mol. The van der Waals surface area contributed by atoms with Crippen molar-refractivity contribution in [2.75, 3.05) is 26.4 Å². The molecule has 2 aliphatic rings. The molecule has 21 heavy (non-hydrogen) atoms. The summed E-state index contributed by atoms with van der Waals surface area (Å²) in [6.07, 6.45) is 0.00338. The van der Waals surface area contributed by atoms with E-state index in [0.717, 1.165) is 17.6 Å². The van der Waals surface area contributed by atoms with Gasteiger partial charge in [0.1, 0.15) is 12.2 Å². The maximum absolute atomic E-state index is 12.5. The van der Waals surface area contributed by atoms with E-state index in [1.165, 1.54) is 0 Å². The highest BCUT2D eigenvalue weighted by atomic mass is 32.2. The molecular weight excluding hydrogens is 315 g/mol. The first-order valence-electron chi connectivity index (χ1n) is 6.71. The summed E-state index contributed by atoms with van der Waals surface area (Å²) in [5.74, 6) is 0.567. The number of rotatable bonds is 10. The highest BCUT2D eigenvalue weighted by Gasteiger charge is 2.35. The molecule has 0 bridgehead atoms. The average Bonchev–Trinajstić information content (AvgIpc) is 3.39. The monoisotopic (exact) mass is 332 g/mol. The fourth-order valence-corrected chi connectivity index (χ4v) is 3.66. The van der Waals surface area contributed by atoms with Gasteiger partial charge in [-0.15, -0.1) is 0 Å². The van der Waals surface area contributed by atoms with Crippen molar-refractivity contribution in [3.05, 3.63) is 35.9 Å². The van der Waals surface area contributed by atoms with Gasteiger partial charge in [0.05, 0.1) is 26.4 Å². The molecule has 1 aromatic carbocycles. The van der Waals surface area contributed by atoms with Crippen LogP contribution in [0.5, 0.6) is 0 Å². The Hall–Kier alpha value is -0.400. The lowest BCUT2D eigenvalue weighted by atomic mass is 10.2. The van der Waals surface area contributed by atoms with E-state index in [1.54, 1.807) is 0 Å². The second-order valence-electron chi connectivity index (χ2n) is 4.77. The molecule has 116 valence electrons. The number of epoxide rings is 2. The van der Waals surface area contributed by atoms with Gasteiger partial charge in [-0.05, 0) is 5.56 Å². The Balaban J connectivity index is 1.46. The molecule has 1 aromatic rings. The Morgan fingerprint density at radius 1 is 1.10 bits per heavy atom. The highest BCUT2D eigenvalue weighted by Crippen LogP contribution is 2.54. The Bertz CT molecular complexity index is 471. The zero-order chi connectivity index (χ0) is 14.5. The number of phosphoric acid groups is 1. The van der Waals surface area contributed by atoms with Crippen LogP contribution >= 0.6 is 19.9 Å². The van der Waals surface area contributed by atoms with Crippen molar-refractivity contribution in [2.24, 2.45) is 0 Å². The predicted octanol–water partition coefficient (Wildman–Crippen LogP) is 2.79. The summed E-state index contributed by atoms with van der Waals surface area (Å²) < 4.78 is 38.4. The zero-order valence-electron chi connectivity index (χ0n) is 11.4. The van der Waals surface area contributed by atoms with Crippen LogP contribution in [0.4, 0.5) is 0 Å². The lowest BCUT2D eigenvalue weighted by molar-refractivity contribution is 0.142. The summed E-state index contributed by atoms with van der Waals surface area (Å²) in [5.41, 5.74) is 1.07. The number of phosphoric ester groups is 1. The largest absolute Gasteiger partial charge is 0.486 e. The van der Waals surface area contributed by atoms with Gasteiger partial charge in [-0.25, -0.2) is 8.54 Å². The van der Waals surface area contributed by atoms with Gasteiger partial charge in [0.25, 0.3) is 0 Å². The van der Waals surface area contributed by atoms with Crippen molar-refractivity contribution in [3.63, 3.8) is 0 Å². The topological polar surface area (TPSA) is 69.8 Å². The van der Waals surface area contributed by atoms with Crippen molar-refractivity contribution in [2.45, 2.75) is 18.0 Å². The Labute approximate surface area is 127 Å². The highest BCUT2D eigenvalue weighted by molar-refractivity contribution is 7.97. The quantitative estimate of drug-likeness (QED) is 0.371. The molecule has 2 unspecified atom stereocenters. The van der Waals surface area contributed by atoms with Gasteiger partial charge in [0.15, 0.2) is 0 Å². The molecule has 2 fully saturated rings. The van der Waals surface area contributed by atoms with Crippen molar-refractivity contribution in [1.29, 1.82) is 0 Å². The molecule has 2 aliphatic heterocycles. The third kappa shape index (κ3) is 5.71. The molecule has 0 spiro atoms. The molecule has 6 nitrogen and oxygen atoms in total. The minimum absolute atomic E-state index is 0.00169. The second kappa shape index (κ2) is 7.24. The fourth-order valence-electron chi connectivity index (χ4n) is 1.49. The molecule has 0 aliphatic carbocycles. The fraction of sp³-hybridized carbons (Fsp3) is 0.538. The van der Waals surface area contributed by atoms with Crippen LogP contribution in [0, 0.1) is 0 Å². The van der Waals surface area contributed by atoms with Crippen LogP contribution in [-0.4, -0.2) is 38.6 Å². The van der Waals surface area contributed by atoms with Crippen molar-refractivity contribution >= 4 is 19.9 Å². The zero-order valence-corrected chi connectivity index (χ0v) is 13.1. The van der Waals surface area contributed by atoms with Gasteiger partial charge in [0, 0.05) is 17.8 Å². The first-order chi connectivity index (χ1) is 10.2. The van der Waals surface area contributed by atoms with Gasteiger partial charge in [-0.3, -0.25) is 9.05 Å². The van der Waals surface area contributed by atoms with Crippen LogP contribution in [0.3, 0.4) is 0 Å². The number of benzene rings is 1. The Morgan fingerprint density at radius 3 is 2.19 bits per heavy atom. The summed E-state index contributed by atoms with van der Waals surface area (Å²) in [6, 6.07) is 9.77. The Morgan fingerprint density at radius 2 is 1.67 bits per heavy atom. The molecule has 0 radical (unpaired) electrons. The SMILES string of the molecule is O=P(OCC1CO1)(OCC1CO1)OSCc1ccccc1. The summed E-state index contributed by atoms with van der Waals surface area (Å²) in [4.78, 5) is 0. The van der Waals surface area contributed by atoms with Crippen LogP contribution in [0.2, 0.25) is 0 Å². The minimum atomic E-state index is -3.58. The molecule has 8 heteroatoms. The van der Waals surface area contributed by atoms with Crippen LogP contribution in [-0.2, 0) is 32.8 Å². The molecule has 0 N–H and O–H groups in total. The smallest absolute Gasteiger partial charge is 0.371 e. The van der Waals surface area contributed by atoms with Crippen LogP contribution < -0.4 is 0 Å². The summed E-state index contributed by atoms with van der Waals surface area (Å²) in [5, 5.41) is 0. The first kappa shape index (κ1) is 15.5. The lowest BCUT2D eigenvalue weighted by Gasteiger charge is -2.16. The number of hydrogen-bond donors (Lipinski definition) is 0. The van der Waals surface area contributed by atoms with Crippen molar-refractivity contribution < 1.29 is 27.1 Å². The molecule has 0 amide bonds. The third-order valence-electron chi connectivity index (χ3n) is 2.85. The van der Waals surface area contributed by atoms with E-state index in [0.29, 0.717) is 19.0 Å². The van der Waals surface area contributed by atoms with E-state index >= 15 is 0 Å². The maximum atomic E-state index is 12.5. The molecule has 2 saturated heterocycles. The van der Waals surface area contributed by atoms with Gasteiger partial charge in [-0.2, -0.15) is 0 Å². The van der Waals surface area contributed by atoms with E-state index < -0.39 is 7.82 Å². The summed E-state index contributed by atoms with van der Waals surface area (Å²) in [6.45, 7) is 1.69. The van der Waals surface area contributed by atoms with Gasteiger partial charge in [-0.1, -0.05) is 30.3 Å². The van der Waals surface area contributed by atoms with Crippen LogP contribution in [0.25, 0.3) is 0 Å². The van der Waals surface area contributed by atoms with Crippen molar-refractivity contribution in [3.8, 4) is 0 Å².